The zero-order chi connectivity index (χ0) is 14.0. The van der Waals surface area contributed by atoms with Gasteiger partial charge in [-0.1, -0.05) is 6.07 Å². The highest BCUT2D eigenvalue weighted by Gasteiger charge is 2.09. The first kappa shape index (κ1) is 13.4. The minimum absolute atomic E-state index is 0.247. The normalized spacial score (nSPS) is 10.2. The number of hydrogen-bond donors (Lipinski definition) is 3. The summed E-state index contributed by atoms with van der Waals surface area (Å²) < 4.78 is 0.831. The van der Waals surface area contributed by atoms with E-state index in [1.807, 2.05) is 25.1 Å². The highest BCUT2D eigenvalue weighted by Crippen LogP contribution is 2.24. The molecule has 5 N–H and O–H groups in total. The molecule has 5 heteroatoms. The van der Waals surface area contributed by atoms with Crippen LogP contribution in [-0.4, -0.2) is 5.91 Å². The predicted octanol–water partition coefficient (Wildman–Crippen LogP) is 3.17. The number of halogens is 1. The Kier molecular flexibility index (Phi) is 3.76. The lowest BCUT2D eigenvalue weighted by molar-refractivity contribution is 0.102. The van der Waals surface area contributed by atoms with Crippen molar-refractivity contribution in [1.82, 2.24) is 0 Å². The van der Waals surface area contributed by atoms with Gasteiger partial charge >= 0.3 is 0 Å². The summed E-state index contributed by atoms with van der Waals surface area (Å²) in [7, 11) is 0. The first-order valence-corrected chi connectivity index (χ1v) is 6.48. The van der Waals surface area contributed by atoms with E-state index in [-0.39, 0.29) is 5.91 Å². The molecular formula is C14H14BrN3O. The molecule has 4 nitrogen and oxygen atoms in total. The minimum atomic E-state index is -0.247. The van der Waals surface area contributed by atoms with Gasteiger partial charge in [-0.2, -0.15) is 0 Å². The van der Waals surface area contributed by atoms with Crippen molar-refractivity contribution >= 4 is 38.9 Å². The molecule has 0 aliphatic heterocycles. The SMILES string of the molecule is Cc1ccc(NC(=O)c2cc(N)cc(N)c2)c(Br)c1. The van der Waals surface area contributed by atoms with Crippen molar-refractivity contribution in [2.75, 3.05) is 16.8 Å². The zero-order valence-electron chi connectivity index (χ0n) is 10.4. The van der Waals surface area contributed by atoms with E-state index in [0.29, 0.717) is 22.6 Å². The fourth-order valence-corrected chi connectivity index (χ4v) is 2.32. The summed E-state index contributed by atoms with van der Waals surface area (Å²) in [5, 5.41) is 2.81. The van der Waals surface area contributed by atoms with Gasteiger partial charge in [-0.25, -0.2) is 0 Å². The second-order valence-corrected chi connectivity index (χ2v) is 5.18. The molecule has 0 fully saturated rings. The van der Waals surface area contributed by atoms with Gasteiger partial charge in [0.15, 0.2) is 0 Å². The van der Waals surface area contributed by atoms with Crippen LogP contribution in [0.4, 0.5) is 17.1 Å². The van der Waals surface area contributed by atoms with Crippen molar-refractivity contribution in [2.45, 2.75) is 6.92 Å². The lowest BCUT2D eigenvalue weighted by Gasteiger charge is -2.09. The van der Waals surface area contributed by atoms with Gasteiger partial charge in [0.2, 0.25) is 0 Å². The van der Waals surface area contributed by atoms with Crippen LogP contribution in [0.1, 0.15) is 15.9 Å². The van der Waals surface area contributed by atoms with E-state index in [1.165, 1.54) is 0 Å². The fraction of sp³-hybridized carbons (Fsp3) is 0.0714. The number of nitrogens with two attached hydrogens (primary N) is 2. The summed E-state index contributed by atoms with van der Waals surface area (Å²) in [5.41, 5.74) is 14.5. The molecule has 0 atom stereocenters. The van der Waals surface area contributed by atoms with Gasteiger partial charge in [0.1, 0.15) is 0 Å². The molecule has 0 radical (unpaired) electrons. The van der Waals surface area contributed by atoms with Crippen molar-refractivity contribution in [2.24, 2.45) is 0 Å². The van der Waals surface area contributed by atoms with Crippen molar-refractivity contribution in [3.05, 3.63) is 52.0 Å². The molecule has 19 heavy (non-hydrogen) atoms. The topological polar surface area (TPSA) is 81.1 Å². The molecule has 2 aromatic rings. The Morgan fingerprint density at radius 1 is 1.11 bits per heavy atom. The average Bonchev–Trinajstić information content (AvgIpc) is 2.31. The number of carbonyl (C=O) groups is 1. The second-order valence-electron chi connectivity index (χ2n) is 4.33. The van der Waals surface area contributed by atoms with E-state index in [2.05, 4.69) is 21.2 Å². The molecule has 0 aromatic heterocycles. The smallest absolute Gasteiger partial charge is 0.255 e. The molecule has 2 aromatic carbocycles. The van der Waals surface area contributed by atoms with Crippen LogP contribution in [0, 0.1) is 6.92 Å². The number of benzene rings is 2. The third-order valence-corrected chi connectivity index (χ3v) is 3.27. The molecule has 0 bridgehead atoms. The fourth-order valence-electron chi connectivity index (χ4n) is 1.72. The van der Waals surface area contributed by atoms with Gasteiger partial charge in [-0.15, -0.1) is 0 Å². The molecule has 0 unspecified atom stereocenters. The maximum absolute atomic E-state index is 12.1. The summed E-state index contributed by atoms with van der Waals surface area (Å²) in [4.78, 5) is 12.1. The van der Waals surface area contributed by atoms with Crippen molar-refractivity contribution in [3.63, 3.8) is 0 Å². The first-order valence-electron chi connectivity index (χ1n) is 5.69. The van der Waals surface area contributed by atoms with Crippen LogP contribution in [-0.2, 0) is 0 Å². The maximum atomic E-state index is 12.1. The van der Waals surface area contributed by atoms with Crippen LogP contribution in [0.25, 0.3) is 0 Å². The Morgan fingerprint density at radius 2 is 1.74 bits per heavy atom. The maximum Gasteiger partial charge on any atom is 0.255 e. The molecule has 0 spiro atoms. The molecule has 0 saturated carbocycles. The van der Waals surface area contributed by atoms with E-state index in [9.17, 15) is 4.79 Å². The van der Waals surface area contributed by atoms with Crippen molar-refractivity contribution < 1.29 is 4.79 Å². The van der Waals surface area contributed by atoms with E-state index in [4.69, 9.17) is 11.5 Å². The first-order chi connectivity index (χ1) is 8.95. The summed E-state index contributed by atoms with van der Waals surface area (Å²) >= 11 is 3.41. The monoisotopic (exact) mass is 319 g/mol. The lowest BCUT2D eigenvalue weighted by Crippen LogP contribution is -2.13. The summed E-state index contributed by atoms with van der Waals surface area (Å²) in [6, 6.07) is 10.5. The Balaban J connectivity index is 2.25. The van der Waals surface area contributed by atoms with Gasteiger partial charge in [0.25, 0.3) is 5.91 Å². The lowest BCUT2D eigenvalue weighted by atomic mass is 10.1. The summed E-state index contributed by atoms with van der Waals surface area (Å²) in [6.45, 7) is 1.98. The largest absolute Gasteiger partial charge is 0.399 e. The number of aryl methyl sites for hydroxylation is 1. The van der Waals surface area contributed by atoms with Gasteiger partial charge in [0.05, 0.1) is 5.69 Å². The number of anilines is 3. The quantitative estimate of drug-likeness (QED) is 0.743. The Morgan fingerprint density at radius 3 is 2.32 bits per heavy atom. The number of hydrogen-bond acceptors (Lipinski definition) is 3. The molecule has 0 aliphatic carbocycles. The van der Waals surface area contributed by atoms with Crippen molar-refractivity contribution in [1.29, 1.82) is 0 Å². The molecule has 0 heterocycles. The van der Waals surface area contributed by atoms with Crippen molar-refractivity contribution in [3.8, 4) is 0 Å². The zero-order valence-corrected chi connectivity index (χ0v) is 12.0. The highest BCUT2D eigenvalue weighted by atomic mass is 79.9. The van der Waals surface area contributed by atoms with Crippen LogP contribution in [0.3, 0.4) is 0 Å². The Bertz CT molecular complexity index is 620. The van der Waals surface area contributed by atoms with Gasteiger partial charge in [0, 0.05) is 21.4 Å². The number of carbonyl (C=O) groups excluding carboxylic acids is 1. The van der Waals surface area contributed by atoms with Crippen LogP contribution in [0.15, 0.2) is 40.9 Å². The predicted molar refractivity (Wildman–Crippen MR) is 82.1 cm³/mol. The summed E-state index contributed by atoms with van der Waals surface area (Å²) in [6.07, 6.45) is 0. The average molecular weight is 320 g/mol. The number of nitrogens with one attached hydrogen (secondary N) is 1. The molecular weight excluding hydrogens is 306 g/mol. The van der Waals surface area contributed by atoms with Crippen LogP contribution >= 0.6 is 15.9 Å². The molecule has 0 saturated heterocycles. The van der Waals surface area contributed by atoms with Crippen LogP contribution in [0.5, 0.6) is 0 Å². The van der Waals surface area contributed by atoms with Crippen LogP contribution in [0.2, 0.25) is 0 Å². The second kappa shape index (κ2) is 5.32. The molecule has 98 valence electrons. The molecule has 0 aliphatic rings. The minimum Gasteiger partial charge on any atom is -0.399 e. The molecule has 2 rings (SSSR count). The van der Waals surface area contributed by atoms with Gasteiger partial charge < -0.3 is 16.8 Å². The Labute approximate surface area is 119 Å². The molecule has 1 amide bonds. The van der Waals surface area contributed by atoms with E-state index >= 15 is 0 Å². The van der Waals surface area contributed by atoms with E-state index < -0.39 is 0 Å². The van der Waals surface area contributed by atoms with Crippen LogP contribution < -0.4 is 16.8 Å². The Hall–Kier alpha value is -2.01. The van der Waals surface area contributed by atoms with Gasteiger partial charge in [-0.05, 0) is 58.7 Å². The standard InChI is InChI=1S/C14H14BrN3O/c1-8-2-3-13(12(15)4-8)18-14(19)9-5-10(16)7-11(17)6-9/h2-7H,16-17H2,1H3,(H,18,19). The third kappa shape index (κ3) is 3.26. The van der Waals surface area contributed by atoms with Gasteiger partial charge in [-0.3, -0.25) is 4.79 Å². The number of rotatable bonds is 2. The number of amides is 1. The third-order valence-electron chi connectivity index (χ3n) is 2.61. The highest BCUT2D eigenvalue weighted by molar-refractivity contribution is 9.10. The van der Waals surface area contributed by atoms with E-state index in [1.54, 1.807) is 18.2 Å². The summed E-state index contributed by atoms with van der Waals surface area (Å²) in [5.74, 6) is -0.247. The van der Waals surface area contributed by atoms with E-state index in [0.717, 1.165) is 10.0 Å². The number of nitrogen functional groups attached to an aromatic ring is 2.